The van der Waals surface area contributed by atoms with Crippen LogP contribution >= 0.6 is 0 Å². The van der Waals surface area contributed by atoms with Gasteiger partial charge in [0.1, 0.15) is 23.0 Å². The zero-order valence-corrected chi connectivity index (χ0v) is 18.4. The molecule has 0 amide bonds. The van der Waals surface area contributed by atoms with Crippen molar-refractivity contribution in [2.45, 2.75) is 25.7 Å². The van der Waals surface area contributed by atoms with E-state index in [1.165, 1.54) is 11.1 Å². The van der Waals surface area contributed by atoms with Crippen LogP contribution in [-0.4, -0.2) is 0 Å². The van der Waals surface area contributed by atoms with E-state index in [0.29, 0.717) is 11.4 Å². The number of hydrogen-bond donors (Lipinski definition) is 2. The van der Waals surface area contributed by atoms with Gasteiger partial charge in [0.05, 0.1) is 0 Å². The van der Waals surface area contributed by atoms with Gasteiger partial charge < -0.3 is 20.9 Å². The maximum Gasteiger partial charge on any atom is 0.129 e. The molecule has 4 N–H and O–H groups in total. The number of nitrogen functional groups attached to an aromatic ring is 2. The van der Waals surface area contributed by atoms with Crippen molar-refractivity contribution in [1.82, 2.24) is 0 Å². The third kappa shape index (κ3) is 4.70. The SMILES string of the molecule is CCC(C)(c1ccc(Oc2cccc(N)c2)cc1)c1ccc(Oc2cccc(N)c2)cc1. The number of nitrogens with two attached hydrogens (primary N) is 2. The summed E-state index contributed by atoms with van der Waals surface area (Å²) in [6, 6.07) is 31.4. The highest BCUT2D eigenvalue weighted by Gasteiger charge is 2.27. The largest absolute Gasteiger partial charge is 0.457 e. The van der Waals surface area contributed by atoms with Crippen LogP contribution in [0, 0.1) is 0 Å². The Labute approximate surface area is 189 Å². The first kappa shape index (κ1) is 21.3. The minimum atomic E-state index is -0.134. The second-order valence-electron chi connectivity index (χ2n) is 8.08. The monoisotopic (exact) mass is 424 g/mol. The van der Waals surface area contributed by atoms with Crippen LogP contribution in [0.25, 0.3) is 0 Å². The van der Waals surface area contributed by atoms with E-state index in [1.807, 2.05) is 72.8 Å². The lowest BCUT2D eigenvalue weighted by Crippen LogP contribution is -2.22. The molecule has 4 aromatic rings. The summed E-state index contributed by atoms with van der Waals surface area (Å²) in [4.78, 5) is 0. The molecule has 32 heavy (non-hydrogen) atoms. The van der Waals surface area contributed by atoms with E-state index in [1.54, 1.807) is 0 Å². The van der Waals surface area contributed by atoms with Gasteiger partial charge in [0.2, 0.25) is 0 Å². The Morgan fingerprint density at radius 1 is 0.594 bits per heavy atom. The predicted molar refractivity (Wildman–Crippen MR) is 131 cm³/mol. The van der Waals surface area contributed by atoms with Crippen LogP contribution in [0.15, 0.2) is 97.1 Å². The van der Waals surface area contributed by atoms with Crippen LogP contribution in [0.3, 0.4) is 0 Å². The lowest BCUT2D eigenvalue weighted by Gasteiger charge is -2.30. The van der Waals surface area contributed by atoms with Crippen molar-refractivity contribution in [3.63, 3.8) is 0 Å². The van der Waals surface area contributed by atoms with Crippen LogP contribution in [0.5, 0.6) is 23.0 Å². The van der Waals surface area contributed by atoms with Crippen molar-refractivity contribution in [3.05, 3.63) is 108 Å². The molecule has 0 radical (unpaired) electrons. The lowest BCUT2D eigenvalue weighted by molar-refractivity contribution is 0.479. The number of hydrogen-bond acceptors (Lipinski definition) is 4. The highest BCUT2D eigenvalue weighted by Crippen LogP contribution is 2.37. The summed E-state index contributed by atoms with van der Waals surface area (Å²) in [6.07, 6.45) is 0.956. The normalized spacial score (nSPS) is 11.2. The smallest absolute Gasteiger partial charge is 0.129 e. The quantitative estimate of drug-likeness (QED) is 0.309. The minimum absolute atomic E-state index is 0.134. The Morgan fingerprint density at radius 2 is 1.00 bits per heavy atom. The minimum Gasteiger partial charge on any atom is -0.457 e. The first-order valence-corrected chi connectivity index (χ1v) is 10.7. The van der Waals surface area contributed by atoms with Gasteiger partial charge >= 0.3 is 0 Å². The van der Waals surface area contributed by atoms with Crippen molar-refractivity contribution in [2.24, 2.45) is 0 Å². The molecular weight excluding hydrogens is 396 g/mol. The maximum atomic E-state index is 5.94. The number of rotatable bonds is 7. The predicted octanol–water partition coefficient (Wildman–Crippen LogP) is 7.15. The van der Waals surface area contributed by atoms with Crippen molar-refractivity contribution in [2.75, 3.05) is 11.5 Å². The van der Waals surface area contributed by atoms with Crippen molar-refractivity contribution in [3.8, 4) is 23.0 Å². The van der Waals surface area contributed by atoms with E-state index in [4.69, 9.17) is 20.9 Å². The van der Waals surface area contributed by atoms with Gasteiger partial charge in [-0.1, -0.05) is 50.2 Å². The fourth-order valence-corrected chi connectivity index (χ4v) is 3.78. The van der Waals surface area contributed by atoms with Crippen LogP contribution in [0.2, 0.25) is 0 Å². The molecule has 0 unspecified atom stereocenters. The molecule has 0 saturated heterocycles. The summed E-state index contributed by atoms with van der Waals surface area (Å²) in [5.74, 6) is 3.02. The average Bonchev–Trinajstić information content (AvgIpc) is 2.80. The number of benzene rings is 4. The summed E-state index contributed by atoms with van der Waals surface area (Å²) in [5.41, 5.74) is 15.4. The molecule has 0 atom stereocenters. The highest BCUT2D eigenvalue weighted by molar-refractivity contribution is 5.48. The molecule has 0 aliphatic rings. The lowest BCUT2D eigenvalue weighted by atomic mass is 9.74. The molecule has 4 rings (SSSR count). The molecule has 0 fully saturated rings. The summed E-state index contributed by atoms with van der Waals surface area (Å²) >= 11 is 0. The van der Waals surface area contributed by atoms with Gasteiger partial charge in [-0.2, -0.15) is 0 Å². The van der Waals surface area contributed by atoms with E-state index < -0.39 is 0 Å². The van der Waals surface area contributed by atoms with Crippen molar-refractivity contribution < 1.29 is 9.47 Å². The van der Waals surface area contributed by atoms with Crippen LogP contribution in [0.1, 0.15) is 31.4 Å². The van der Waals surface area contributed by atoms with E-state index in [2.05, 4.69) is 38.1 Å². The van der Waals surface area contributed by atoms with Crippen molar-refractivity contribution >= 4 is 11.4 Å². The average molecular weight is 425 g/mol. The summed E-state index contributed by atoms with van der Waals surface area (Å²) in [7, 11) is 0. The van der Waals surface area contributed by atoms with Crippen LogP contribution in [0.4, 0.5) is 11.4 Å². The zero-order chi connectivity index (χ0) is 22.6. The molecule has 0 heterocycles. The molecule has 0 spiro atoms. The Kier molecular flexibility index (Phi) is 6.04. The first-order chi connectivity index (χ1) is 15.5. The second kappa shape index (κ2) is 9.06. The van der Waals surface area contributed by atoms with Crippen LogP contribution in [-0.2, 0) is 5.41 Å². The first-order valence-electron chi connectivity index (χ1n) is 10.7. The van der Waals surface area contributed by atoms with Gasteiger partial charge in [-0.05, 0) is 66.1 Å². The molecule has 0 saturated carbocycles. The molecule has 4 heteroatoms. The number of ether oxygens (including phenoxy) is 2. The summed E-state index contributed by atoms with van der Waals surface area (Å²) in [5, 5.41) is 0. The summed E-state index contributed by atoms with van der Waals surface area (Å²) in [6.45, 7) is 4.46. The van der Waals surface area contributed by atoms with E-state index in [-0.39, 0.29) is 5.41 Å². The molecule has 162 valence electrons. The van der Waals surface area contributed by atoms with Gasteiger partial charge in [0.15, 0.2) is 0 Å². The molecular formula is C28H28N2O2. The van der Waals surface area contributed by atoms with Crippen molar-refractivity contribution in [1.29, 1.82) is 0 Å². The van der Waals surface area contributed by atoms with Gasteiger partial charge in [-0.3, -0.25) is 0 Å². The zero-order valence-electron chi connectivity index (χ0n) is 18.4. The Morgan fingerprint density at radius 3 is 1.34 bits per heavy atom. The molecule has 0 bridgehead atoms. The van der Waals surface area contributed by atoms with E-state index in [9.17, 15) is 0 Å². The third-order valence-electron chi connectivity index (χ3n) is 5.88. The topological polar surface area (TPSA) is 70.5 Å². The molecule has 0 aromatic heterocycles. The van der Waals surface area contributed by atoms with Gasteiger partial charge in [-0.25, -0.2) is 0 Å². The van der Waals surface area contributed by atoms with Gasteiger partial charge in [-0.15, -0.1) is 0 Å². The Bertz CT molecular complexity index is 1090. The fraction of sp³-hybridized carbons (Fsp3) is 0.143. The Hall–Kier alpha value is -3.92. The maximum absolute atomic E-state index is 5.94. The molecule has 4 aromatic carbocycles. The number of anilines is 2. The molecule has 0 aliphatic carbocycles. The highest BCUT2D eigenvalue weighted by atomic mass is 16.5. The van der Waals surface area contributed by atoms with E-state index >= 15 is 0 Å². The van der Waals surface area contributed by atoms with Gasteiger partial charge in [0, 0.05) is 28.9 Å². The van der Waals surface area contributed by atoms with Crippen LogP contribution < -0.4 is 20.9 Å². The fourth-order valence-electron chi connectivity index (χ4n) is 3.78. The standard InChI is InChI=1S/C28H28N2O2/c1-3-28(2,20-10-14-24(15-11-20)31-26-8-4-6-22(29)18-26)21-12-16-25(17-13-21)32-27-9-5-7-23(30)19-27/h4-19H,3,29-30H2,1-2H3. The Balaban J connectivity index is 1.52. The molecule has 0 aliphatic heterocycles. The van der Waals surface area contributed by atoms with Gasteiger partial charge in [0.25, 0.3) is 0 Å². The third-order valence-corrected chi connectivity index (χ3v) is 5.88. The summed E-state index contributed by atoms with van der Waals surface area (Å²) < 4.78 is 11.9. The second-order valence-corrected chi connectivity index (χ2v) is 8.08. The van der Waals surface area contributed by atoms with E-state index in [0.717, 1.165) is 29.4 Å². The molecule has 4 nitrogen and oxygen atoms in total.